The third kappa shape index (κ3) is 4.67. The van der Waals surface area contributed by atoms with Crippen molar-refractivity contribution in [1.29, 1.82) is 0 Å². The summed E-state index contributed by atoms with van der Waals surface area (Å²) < 4.78 is 5.65. The van der Waals surface area contributed by atoms with Gasteiger partial charge in [-0.25, -0.2) is 4.98 Å². The van der Waals surface area contributed by atoms with E-state index in [2.05, 4.69) is 37.1 Å². The zero-order chi connectivity index (χ0) is 22.7. The zero-order valence-corrected chi connectivity index (χ0v) is 19.4. The van der Waals surface area contributed by atoms with Gasteiger partial charge in [0, 0.05) is 11.9 Å². The second-order valence-corrected chi connectivity index (χ2v) is 9.43. The van der Waals surface area contributed by atoms with E-state index in [1.54, 1.807) is 10.3 Å². The van der Waals surface area contributed by atoms with Crippen LogP contribution in [0.1, 0.15) is 53.8 Å². The highest BCUT2D eigenvalue weighted by Gasteiger charge is 2.29. The molecule has 166 valence electrons. The van der Waals surface area contributed by atoms with Crippen LogP contribution in [0.2, 0.25) is 0 Å². The first kappa shape index (κ1) is 22.0. The van der Waals surface area contributed by atoms with Gasteiger partial charge in [-0.2, -0.15) is 0 Å². The summed E-state index contributed by atoms with van der Waals surface area (Å²) in [4.78, 5) is 31.4. The summed E-state index contributed by atoms with van der Waals surface area (Å²) in [7, 11) is 0. The quantitative estimate of drug-likeness (QED) is 0.568. The number of carbonyl (C=O) groups is 2. The van der Waals surface area contributed by atoms with Crippen LogP contribution in [-0.4, -0.2) is 23.4 Å². The summed E-state index contributed by atoms with van der Waals surface area (Å²) in [5.41, 5.74) is 3.29. The highest BCUT2D eigenvalue weighted by molar-refractivity contribution is 7.09. The predicted octanol–water partition coefficient (Wildman–Crippen LogP) is 4.69. The molecule has 0 fully saturated rings. The first-order valence-corrected chi connectivity index (χ1v) is 11.6. The van der Waals surface area contributed by atoms with Gasteiger partial charge in [0.25, 0.3) is 11.8 Å². The number of ether oxygens (including phenoxy) is 1. The Morgan fingerprint density at radius 1 is 1.22 bits per heavy atom. The molecule has 2 aromatic carbocycles. The monoisotopic (exact) mass is 449 g/mol. The lowest BCUT2D eigenvalue weighted by atomic mass is 9.82. The van der Waals surface area contributed by atoms with Crippen LogP contribution in [0.5, 0.6) is 5.75 Å². The highest BCUT2D eigenvalue weighted by Crippen LogP contribution is 2.38. The van der Waals surface area contributed by atoms with Gasteiger partial charge in [-0.15, -0.1) is 11.3 Å². The first-order chi connectivity index (χ1) is 15.4. The standard InChI is InChI=1S/C25H27N3O3S/c1-4-25(2,3)18-10-11-21-20(12-18)28(23(29)15-31-21)14-22-27-19(16-32-22)24(30)26-13-17-8-6-5-7-9-17/h5-12,16H,4,13-15H2,1-3H3,(H,26,30). The third-order valence-corrected chi connectivity index (χ3v) is 6.77. The van der Waals surface area contributed by atoms with Crippen molar-refractivity contribution in [3.05, 3.63) is 75.7 Å². The fourth-order valence-electron chi connectivity index (χ4n) is 3.49. The third-order valence-electron chi connectivity index (χ3n) is 5.94. The molecule has 0 unspecified atom stereocenters. The Balaban J connectivity index is 1.50. The van der Waals surface area contributed by atoms with Crippen molar-refractivity contribution in [3.8, 4) is 5.75 Å². The van der Waals surface area contributed by atoms with Crippen LogP contribution in [0.4, 0.5) is 5.69 Å². The van der Waals surface area contributed by atoms with E-state index in [0.717, 1.165) is 23.2 Å². The summed E-state index contributed by atoms with van der Waals surface area (Å²) >= 11 is 1.38. The van der Waals surface area contributed by atoms with Crippen molar-refractivity contribution in [2.45, 2.75) is 45.7 Å². The Hall–Kier alpha value is -3.19. The van der Waals surface area contributed by atoms with Gasteiger partial charge in [-0.3, -0.25) is 14.5 Å². The lowest BCUT2D eigenvalue weighted by Crippen LogP contribution is -2.38. The molecule has 1 N–H and O–H groups in total. The number of nitrogens with zero attached hydrogens (tertiary/aromatic N) is 2. The largest absolute Gasteiger partial charge is 0.482 e. The maximum Gasteiger partial charge on any atom is 0.271 e. The smallest absolute Gasteiger partial charge is 0.271 e. The number of aromatic nitrogens is 1. The minimum absolute atomic E-state index is 0.000683. The van der Waals surface area contributed by atoms with Gasteiger partial charge in [0.2, 0.25) is 0 Å². The molecule has 2 amide bonds. The van der Waals surface area contributed by atoms with Crippen LogP contribution in [0.15, 0.2) is 53.9 Å². The topological polar surface area (TPSA) is 71.5 Å². The summed E-state index contributed by atoms with van der Waals surface area (Å²) in [5.74, 6) is 0.351. The molecule has 1 aliphatic heterocycles. The van der Waals surface area contributed by atoms with Gasteiger partial charge in [0.05, 0.1) is 12.2 Å². The molecule has 0 saturated heterocycles. The molecular formula is C25H27N3O3S. The van der Waals surface area contributed by atoms with E-state index in [1.807, 2.05) is 42.5 Å². The van der Waals surface area contributed by atoms with Gasteiger partial charge in [-0.05, 0) is 35.1 Å². The molecule has 0 radical (unpaired) electrons. The van der Waals surface area contributed by atoms with Gasteiger partial charge in [-0.1, -0.05) is 57.2 Å². The van der Waals surface area contributed by atoms with Crippen molar-refractivity contribution in [2.75, 3.05) is 11.5 Å². The fraction of sp³-hybridized carbons (Fsp3) is 0.320. The number of anilines is 1. The van der Waals surface area contributed by atoms with Gasteiger partial charge < -0.3 is 10.1 Å². The van der Waals surface area contributed by atoms with E-state index in [-0.39, 0.29) is 23.8 Å². The Kier molecular flexibility index (Phi) is 6.28. The number of amides is 2. The van der Waals surface area contributed by atoms with Crippen LogP contribution in [0.25, 0.3) is 0 Å². The average Bonchev–Trinajstić information content (AvgIpc) is 3.28. The molecule has 6 nitrogen and oxygen atoms in total. The highest BCUT2D eigenvalue weighted by atomic mass is 32.1. The van der Waals surface area contributed by atoms with E-state index >= 15 is 0 Å². The summed E-state index contributed by atoms with van der Waals surface area (Å²) in [5, 5.41) is 5.33. The maximum absolute atomic E-state index is 12.7. The average molecular weight is 450 g/mol. The molecular weight excluding hydrogens is 422 g/mol. The minimum Gasteiger partial charge on any atom is -0.482 e. The van der Waals surface area contributed by atoms with Crippen LogP contribution >= 0.6 is 11.3 Å². The summed E-state index contributed by atoms with van der Waals surface area (Å²) in [6.45, 7) is 7.27. The van der Waals surface area contributed by atoms with E-state index in [0.29, 0.717) is 29.5 Å². The van der Waals surface area contributed by atoms with Crippen molar-refractivity contribution < 1.29 is 14.3 Å². The summed E-state index contributed by atoms with van der Waals surface area (Å²) in [6.07, 6.45) is 0.981. The number of fused-ring (bicyclic) bond motifs is 1. The molecule has 0 aliphatic carbocycles. The first-order valence-electron chi connectivity index (χ1n) is 10.7. The van der Waals surface area contributed by atoms with E-state index in [9.17, 15) is 9.59 Å². The van der Waals surface area contributed by atoms with Crippen LogP contribution in [0, 0.1) is 0 Å². The Labute approximate surface area is 192 Å². The van der Waals surface area contributed by atoms with E-state index < -0.39 is 0 Å². The van der Waals surface area contributed by atoms with Crippen molar-refractivity contribution >= 4 is 28.8 Å². The molecule has 4 rings (SSSR count). The molecule has 0 atom stereocenters. The molecule has 1 aliphatic rings. The Morgan fingerprint density at radius 3 is 2.75 bits per heavy atom. The number of rotatable bonds is 7. The van der Waals surface area contributed by atoms with Gasteiger partial charge in [0.15, 0.2) is 6.61 Å². The minimum atomic E-state index is -0.225. The number of nitrogens with one attached hydrogen (secondary N) is 1. The van der Waals surface area contributed by atoms with Crippen LogP contribution in [-0.2, 0) is 23.3 Å². The lowest BCUT2D eigenvalue weighted by Gasteiger charge is -2.31. The summed E-state index contributed by atoms with van der Waals surface area (Å²) in [6, 6.07) is 15.8. The molecule has 7 heteroatoms. The van der Waals surface area contributed by atoms with Crippen molar-refractivity contribution in [3.63, 3.8) is 0 Å². The second-order valence-electron chi connectivity index (χ2n) is 8.48. The molecule has 0 saturated carbocycles. The Morgan fingerprint density at radius 2 is 2.00 bits per heavy atom. The fourth-order valence-corrected chi connectivity index (χ4v) is 4.25. The normalized spacial score (nSPS) is 13.5. The number of benzene rings is 2. The number of thiazole rings is 1. The molecule has 32 heavy (non-hydrogen) atoms. The molecule has 2 heterocycles. The molecule has 0 spiro atoms. The molecule has 3 aromatic rings. The van der Waals surface area contributed by atoms with Crippen LogP contribution in [0.3, 0.4) is 0 Å². The molecule has 0 bridgehead atoms. The maximum atomic E-state index is 12.7. The van der Waals surface area contributed by atoms with Crippen molar-refractivity contribution in [2.24, 2.45) is 0 Å². The van der Waals surface area contributed by atoms with E-state index in [1.165, 1.54) is 11.3 Å². The SMILES string of the molecule is CCC(C)(C)c1ccc2c(c1)N(Cc1nc(C(=O)NCc3ccccc3)cs1)C(=O)CO2. The van der Waals surface area contributed by atoms with Gasteiger partial charge in [0.1, 0.15) is 16.5 Å². The lowest BCUT2D eigenvalue weighted by molar-refractivity contribution is -0.121. The number of hydrogen-bond acceptors (Lipinski definition) is 5. The second kappa shape index (κ2) is 9.12. The van der Waals surface area contributed by atoms with Gasteiger partial charge >= 0.3 is 0 Å². The Bertz CT molecular complexity index is 1120. The van der Waals surface area contributed by atoms with Crippen molar-refractivity contribution in [1.82, 2.24) is 10.3 Å². The number of carbonyl (C=O) groups excluding carboxylic acids is 2. The zero-order valence-electron chi connectivity index (χ0n) is 18.6. The van der Waals surface area contributed by atoms with Crippen LogP contribution < -0.4 is 15.0 Å². The van der Waals surface area contributed by atoms with E-state index in [4.69, 9.17) is 4.74 Å². The molecule has 1 aromatic heterocycles. The number of hydrogen-bond donors (Lipinski definition) is 1. The predicted molar refractivity (Wildman–Crippen MR) is 126 cm³/mol.